The molecule has 1 aliphatic rings. The number of anilines is 2. The van der Waals surface area contributed by atoms with E-state index in [9.17, 15) is 18.5 Å². The number of nitro benzene ring substituents is 1. The molecular formula is C14H18N6O6S. The highest BCUT2D eigenvalue weighted by Gasteiger charge is 2.28. The topological polar surface area (TPSA) is 167 Å². The zero-order valence-corrected chi connectivity index (χ0v) is 15.0. The van der Waals surface area contributed by atoms with Gasteiger partial charge < -0.3 is 20.2 Å². The highest BCUT2D eigenvalue weighted by molar-refractivity contribution is 7.89. The van der Waals surface area contributed by atoms with Crippen LogP contribution in [0.2, 0.25) is 0 Å². The van der Waals surface area contributed by atoms with Gasteiger partial charge in [0.25, 0.3) is 5.69 Å². The summed E-state index contributed by atoms with van der Waals surface area (Å²) in [5.74, 6) is 0.286. The fourth-order valence-electron chi connectivity index (χ4n) is 2.58. The molecule has 0 atom stereocenters. The first kappa shape index (κ1) is 19.0. The van der Waals surface area contributed by atoms with Gasteiger partial charge in [0.1, 0.15) is 5.69 Å². The number of rotatable bonds is 7. The lowest BCUT2D eigenvalue weighted by Gasteiger charge is -2.26. The SMILES string of the molecule is Nc1nnc(CCNc2ccc(S(=O)(=O)N3CCOCC3)cc2[N+](=O)[O-])o1. The van der Waals surface area contributed by atoms with Crippen LogP contribution >= 0.6 is 0 Å². The highest BCUT2D eigenvalue weighted by Crippen LogP contribution is 2.29. The van der Waals surface area contributed by atoms with Crippen molar-refractivity contribution in [1.29, 1.82) is 0 Å². The van der Waals surface area contributed by atoms with E-state index in [2.05, 4.69) is 15.5 Å². The second kappa shape index (κ2) is 7.85. The Labute approximate surface area is 154 Å². The Hall–Kier alpha value is -2.77. The van der Waals surface area contributed by atoms with E-state index in [0.717, 1.165) is 6.07 Å². The van der Waals surface area contributed by atoms with Gasteiger partial charge >= 0.3 is 6.01 Å². The maximum Gasteiger partial charge on any atom is 0.312 e. The summed E-state index contributed by atoms with van der Waals surface area (Å²) in [7, 11) is -3.82. The molecule has 27 heavy (non-hydrogen) atoms. The van der Waals surface area contributed by atoms with Gasteiger partial charge in [0.15, 0.2) is 0 Å². The van der Waals surface area contributed by atoms with E-state index < -0.39 is 14.9 Å². The number of nitrogens with two attached hydrogens (primary N) is 1. The van der Waals surface area contributed by atoms with E-state index in [1.54, 1.807) is 0 Å². The second-order valence-electron chi connectivity index (χ2n) is 5.66. The van der Waals surface area contributed by atoms with Crippen molar-refractivity contribution in [3.8, 4) is 0 Å². The van der Waals surface area contributed by atoms with Crippen LogP contribution in [0.25, 0.3) is 0 Å². The van der Waals surface area contributed by atoms with Gasteiger partial charge in [-0.25, -0.2) is 8.42 Å². The van der Waals surface area contributed by atoms with Gasteiger partial charge in [-0.05, 0) is 12.1 Å². The largest absolute Gasteiger partial charge is 0.408 e. The molecule has 0 spiro atoms. The molecule has 0 amide bonds. The third kappa shape index (κ3) is 4.32. The quantitative estimate of drug-likeness (QED) is 0.487. The van der Waals surface area contributed by atoms with Crippen LogP contribution in [0.3, 0.4) is 0 Å². The minimum Gasteiger partial charge on any atom is -0.408 e. The van der Waals surface area contributed by atoms with Crippen LogP contribution in [0, 0.1) is 10.1 Å². The first-order chi connectivity index (χ1) is 12.9. The highest BCUT2D eigenvalue weighted by atomic mass is 32.2. The van der Waals surface area contributed by atoms with Crippen molar-refractivity contribution in [2.24, 2.45) is 0 Å². The Kier molecular flexibility index (Phi) is 5.53. The molecular weight excluding hydrogens is 380 g/mol. The van der Waals surface area contributed by atoms with Crippen molar-refractivity contribution in [3.05, 3.63) is 34.2 Å². The predicted octanol–water partition coefficient (Wildman–Crippen LogP) is 0.236. The van der Waals surface area contributed by atoms with Crippen LogP contribution in [0.4, 0.5) is 17.4 Å². The Morgan fingerprint density at radius 3 is 2.67 bits per heavy atom. The molecule has 2 heterocycles. The second-order valence-corrected chi connectivity index (χ2v) is 7.60. The Balaban J connectivity index is 1.76. The van der Waals surface area contributed by atoms with E-state index in [-0.39, 0.29) is 47.8 Å². The average molecular weight is 398 g/mol. The van der Waals surface area contributed by atoms with Crippen LogP contribution in [0.1, 0.15) is 5.89 Å². The lowest BCUT2D eigenvalue weighted by molar-refractivity contribution is -0.384. The summed E-state index contributed by atoms with van der Waals surface area (Å²) in [4.78, 5) is 10.6. The standard InChI is InChI=1S/C14H18N6O6S/c15-14-18-17-13(26-14)3-4-16-11-2-1-10(9-12(11)20(21)22)27(23,24)19-5-7-25-8-6-19/h1-2,9,16H,3-8H2,(H2,15,18). The Bertz CT molecular complexity index is 924. The number of hydrogen-bond acceptors (Lipinski definition) is 10. The van der Waals surface area contributed by atoms with Gasteiger partial charge in [0.05, 0.1) is 23.0 Å². The molecule has 0 aliphatic carbocycles. The zero-order chi connectivity index (χ0) is 19.4. The molecule has 0 unspecified atom stereocenters. The van der Waals surface area contributed by atoms with Gasteiger partial charge in [0.2, 0.25) is 15.9 Å². The van der Waals surface area contributed by atoms with E-state index >= 15 is 0 Å². The molecule has 0 bridgehead atoms. The minimum atomic E-state index is -3.82. The summed E-state index contributed by atoms with van der Waals surface area (Å²) >= 11 is 0. The molecule has 0 radical (unpaired) electrons. The van der Waals surface area contributed by atoms with Gasteiger partial charge in [-0.2, -0.15) is 4.31 Å². The number of nitrogen functional groups attached to an aromatic ring is 1. The van der Waals surface area contributed by atoms with Crippen LogP contribution in [0.15, 0.2) is 27.5 Å². The monoisotopic (exact) mass is 398 g/mol. The molecule has 3 rings (SSSR count). The number of nitrogens with one attached hydrogen (secondary N) is 1. The molecule has 2 aromatic rings. The van der Waals surface area contributed by atoms with E-state index in [1.807, 2.05) is 0 Å². The van der Waals surface area contributed by atoms with Gasteiger partial charge in [-0.3, -0.25) is 10.1 Å². The van der Waals surface area contributed by atoms with E-state index in [1.165, 1.54) is 16.4 Å². The van der Waals surface area contributed by atoms with Crippen molar-refractivity contribution in [3.63, 3.8) is 0 Å². The molecule has 146 valence electrons. The number of aromatic nitrogens is 2. The summed E-state index contributed by atoms with van der Waals surface area (Å²) in [6.45, 7) is 1.27. The Morgan fingerprint density at radius 2 is 2.04 bits per heavy atom. The number of benzene rings is 1. The molecule has 0 saturated carbocycles. The maximum absolute atomic E-state index is 12.7. The van der Waals surface area contributed by atoms with Crippen molar-refractivity contribution < 1.29 is 22.5 Å². The fraction of sp³-hybridized carbons (Fsp3) is 0.429. The zero-order valence-electron chi connectivity index (χ0n) is 14.2. The van der Waals surface area contributed by atoms with Crippen molar-refractivity contribution in [2.75, 3.05) is 43.9 Å². The molecule has 1 fully saturated rings. The van der Waals surface area contributed by atoms with Crippen LogP contribution < -0.4 is 11.1 Å². The molecule has 13 heteroatoms. The first-order valence-electron chi connectivity index (χ1n) is 8.06. The summed E-state index contributed by atoms with van der Waals surface area (Å²) in [6.07, 6.45) is 0.301. The number of nitrogens with zero attached hydrogens (tertiary/aromatic N) is 4. The van der Waals surface area contributed by atoms with Crippen LogP contribution in [0.5, 0.6) is 0 Å². The first-order valence-corrected chi connectivity index (χ1v) is 9.50. The van der Waals surface area contributed by atoms with Crippen LogP contribution in [-0.2, 0) is 21.2 Å². The lowest BCUT2D eigenvalue weighted by Crippen LogP contribution is -2.40. The predicted molar refractivity (Wildman–Crippen MR) is 93.6 cm³/mol. The summed E-state index contributed by atoms with van der Waals surface area (Å²) in [5, 5.41) is 21.5. The van der Waals surface area contributed by atoms with E-state index in [4.69, 9.17) is 14.9 Å². The molecule has 1 aromatic carbocycles. The fourth-order valence-corrected chi connectivity index (χ4v) is 4.01. The Morgan fingerprint density at radius 1 is 1.30 bits per heavy atom. The van der Waals surface area contributed by atoms with E-state index in [0.29, 0.717) is 19.6 Å². The third-order valence-electron chi connectivity index (χ3n) is 3.91. The molecule has 12 nitrogen and oxygen atoms in total. The molecule has 1 aromatic heterocycles. The molecule has 1 saturated heterocycles. The number of morpholine rings is 1. The van der Waals surface area contributed by atoms with Gasteiger partial charge in [0, 0.05) is 32.1 Å². The average Bonchev–Trinajstić information content (AvgIpc) is 3.07. The van der Waals surface area contributed by atoms with Crippen molar-refractivity contribution in [2.45, 2.75) is 11.3 Å². The van der Waals surface area contributed by atoms with Gasteiger partial charge in [-0.1, -0.05) is 5.10 Å². The minimum absolute atomic E-state index is 0.0614. The third-order valence-corrected chi connectivity index (χ3v) is 5.81. The number of ether oxygens (including phenoxy) is 1. The normalized spacial score (nSPS) is 15.6. The lowest BCUT2D eigenvalue weighted by atomic mass is 10.2. The van der Waals surface area contributed by atoms with Gasteiger partial charge in [-0.15, -0.1) is 5.10 Å². The molecule has 1 aliphatic heterocycles. The summed E-state index contributed by atoms with van der Waals surface area (Å²) < 4.78 is 36.7. The smallest absolute Gasteiger partial charge is 0.312 e. The summed E-state index contributed by atoms with van der Waals surface area (Å²) in [5.41, 5.74) is 5.18. The number of sulfonamides is 1. The van der Waals surface area contributed by atoms with Crippen LogP contribution in [-0.4, -0.2) is 60.7 Å². The molecule has 3 N–H and O–H groups in total. The summed E-state index contributed by atoms with van der Waals surface area (Å²) in [6, 6.07) is 3.70. The number of hydrogen-bond donors (Lipinski definition) is 2. The van der Waals surface area contributed by atoms with Crippen molar-refractivity contribution in [1.82, 2.24) is 14.5 Å². The number of nitro groups is 1. The van der Waals surface area contributed by atoms with Crippen molar-refractivity contribution >= 4 is 27.4 Å². The maximum atomic E-state index is 12.7.